The van der Waals surface area contributed by atoms with E-state index in [2.05, 4.69) is 20.6 Å². The number of nitro groups is 1. The monoisotopic (exact) mass is 283 g/mol. The third-order valence-electron chi connectivity index (χ3n) is 2.89. The average molecular weight is 283 g/mol. The largest absolute Gasteiger partial charge is 0.388 e. The number of nitrogens with one attached hydrogen (secondary N) is 2. The standard InChI is InChI=1S/C12H21N5O3/c1-5-6-12(3,18)7-14-10-9(17(19)20)8(2)15-11(13-4)16-10/h18H,5-7H2,1-4H3,(H2,13,14,15,16). The number of aliphatic hydroxyl groups is 1. The molecule has 8 nitrogen and oxygen atoms in total. The number of anilines is 2. The Morgan fingerprint density at radius 1 is 1.45 bits per heavy atom. The van der Waals surface area contributed by atoms with Crippen molar-refractivity contribution in [3.05, 3.63) is 15.8 Å². The molecule has 0 saturated carbocycles. The van der Waals surface area contributed by atoms with E-state index in [4.69, 9.17) is 0 Å². The fourth-order valence-corrected chi connectivity index (χ4v) is 1.92. The van der Waals surface area contributed by atoms with E-state index in [0.29, 0.717) is 12.4 Å². The van der Waals surface area contributed by atoms with Gasteiger partial charge in [0.25, 0.3) is 0 Å². The van der Waals surface area contributed by atoms with Crippen molar-refractivity contribution in [2.45, 2.75) is 39.2 Å². The van der Waals surface area contributed by atoms with Gasteiger partial charge in [-0.2, -0.15) is 4.98 Å². The molecule has 0 amide bonds. The normalized spacial score (nSPS) is 13.7. The summed E-state index contributed by atoms with van der Waals surface area (Å²) in [5, 5.41) is 26.8. The van der Waals surface area contributed by atoms with Crippen molar-refractivity contribution < 1.29 is 10.0 Å². The van der Waals surface area contributed by atoms with Gasteiger partial charge in [0.15, 0.2) is 0 Å². The highest BCUT2D eigenvalue weighted by molar-refractivity contribution is 5.60. The summed E-state index contributed by atoms with van der Waals surface area (Å²) in [6.45, 7) is 5.38. The van der Waals surface area contributed by atoms with Gasteiger partial charge < -0.3 is 15.7 Å². The fourth-order valence-electron chi connectivity index (χ4n) is 1.92. The topological polar surface area (TPSA) is 113 Å². The molecule has 0 fully saturated rings. The number of aryl methyl sites for hydroxylation is 1. The van der Waals surface area contributed by atoms with Crippen molar-refractivity contribution in [3.63, 3.8) is 0 Å². The Bertz CT molecular complexity index is 490. The molecule has 1 aromatic heterocycles. The summed E-state index contributed by atoms with van der Waals surface area (Å²) < 4.78 is 0. The highest BCUT2D eigenvalue weighted by Crippen LogP contribution is 2.27. The third kappa shape index (κ3) is 4.02. The quantitative estimate of drug-likeness (QED) is 0.515. The molecule has 1 atom stereocenters. The van der Waals surface area contributed by atoms with Crippen LogP contribution in [-0.2, 0) is 0 Å². The Hall–Kier alpha value is -1.96. The zero-order valence-electron chi connectivity index (χ0n) is 12.2. The maximum Gasteiger partial charge on any atom is 0.332 e. The third-order valence-corrected chi connectivity index (χ3v) is 2.89. The minimum atomic E-state index is -0.943. The molecule has 3 N–H and O–H groups in total. The summed E-state index contributed by atoms with van der Waals surface area (Å²) in [6.07, 6.45) is 1.41. The predicted molar refractivity (Wildman–Crippen MR) is 77.0 cm³/mol. The second-order valence-corrected chi connectivity index (χ2v) is 4.94. The molecule has 1 unspecified atom stereocenters. The first kappa shape index (κ1) is 16.1. The first-order chi connectivity index (χ1) is 9.30. The van der Waals surface area contributed by atoms with Gasteiger partial charge in [-0.15, -0.1) is 0 Å². The highest BCUT2D eigenvalue weighted by atomic mass is 16.6. The number of aromatic nitrogens is 2. The minimum absolute atomic E-state index is 0.114. The van der Waals surface area contributed by atoms with Crippen LogP contribution < -0.4 is 10.6 Å². The second kappa shape index (κ2) is 6.47. The van der Waals surface area contributed by atoms with Gasteiger partial charge in [0.1, 0.15) is 5.69 Å². The van der Waals surface area contributed by atoms with Crippen LogP contribution in [0.2, 0.25) is 0 Å². The van der Waals surface area contributed by atoms with Crippen LogP contribution in [0.5, 0.6) is 0 Å². The molecule has 112 valence electrons. The molecule has 20 heavy (non-hydrogen) atoms. The van der Waals surface area contributed by atoms with Crippen molar-refractivity contribution in [3.8, 4) is 0 Å². The molecule has 0 aliphatic heterocycles. The van der Waals surface area contributed by atoms with E-state index in [1.165, 1.54) is 0 Å². The molecule has 1 rings (SSSR count). The van der Waals surface area contributed by atoms with E-state index >= 15 is 0 Å². The van der Waals surface area contributed by atoms with Crippen molar-refractivity contribution in [2.75, 3.05) is 24.2 Å². The first-order valence-corrected chi connectivity index (χ1v) is 6.47. The summed E-state index contributed by atoms with van der Waals surface area (Å²) in [5.74, 6) is 0.411. The van der Waals surface area contributed by atoms with E-state index in [1.807, 2.05) is 6.92 Å². The number of hydrogen-bond acceptors (Lipinski definition) is 7. The van der Waals surface area contributed by atoms with Crippen LogP contribution in [0.1, 0.15) is 32.4 Å². The van der Waals surface area contributed by atoms with Crippen LogP contribution in [0.15, 0.2) is 0 Å². The van der Waals surface area contributed by atoms with Crippen LogP contribution in [-0.4, -0.2) is 39.2 Å². The maximum absolute atomic E-state index is 11.1. The van der Waals surface area contributed by atoms with Crippen molar-refractivity contribution in [2.24, 2.45) is 0 Å². The molecule has 0 spiro atoms. The molecular formula is C12H21N5O3. The minimum Gasteiger partial charge on any atom is -0.388 e. The van der Waals surface area contributed by atoms with E-state index in [1.54, 1.807) is 20.9 Å². The van der Waals surface area contributed by atoms with E-state index in [-0.39, 0.29) is 23.7 Å². The van der Waals surface area contributed by atoms with Crippen molar-refractivity contribution >= 4 is 17.5 Å². The van der Waals surface area contributed by atoms with Gasteiger partial charge in [0.2, 0.25) is 11.8 Å². The average Bonchev–Trinajstić information content (AvgIpc) is 2.35. The lowest BCUT2D eigenvalue weighted by molar-refractivity contribution is -0.385. The molecule has 0 aromatic carbocycles. The molecule has 0 aliphatic carbocycles. The van der Waals surface area contributed by atoms with E-state index in [9.17, 15) is 15.2 Å². The summed E-state index contributed by atoms with van der Waals surface area (Å²) in [5.41, 5.74) is -0.843. The summed E-state index contributed by atoms with van der Waals surface area (Å²) in [4.78, 5) is 18.6. The maximum atomic E-state index is 11.1. The fraction of sp³-hybridized carbons (Fsp3) is 0.667. The Labute approximate surface area is 117 Å². The van der Waals surface area contributed by atoms with Crippen LogP contribution in [0.25, 0.3) is 0 Å². The summed E-state index contributed by atoms with van der Waals surface area (Å²) in [7, 11) is 1.64. The highest BCUT2D eigenvalue weighted by Gasteiger charge is 2.25. The predicted octanol–water partition coefficient (Wildman–Crippen LogP) is 1.70. The van der Waals surface area contributed by atoms with Gasteiger partial charge in [-0.1, -0.05) is 13.3 Å². The van der Waals surface area contributed by atoms with Gasteiger partial charge in [-0.05, 0) is 20.3 Å². The molecular weight excluding hydrogens is 262 g/mol. The number of nitrogens with zero attached hydrogens (tertiary/aromatic N) is 3. The Kier molecular flexibility index (Phi) is 5.20. The smallest absolute Gasteiger partial charge is 0.332 e. The van der Waals surface area contributed by atoms with Crippen LogP contribution in [0, 0.1) is 17.0 Å². The lowest BCUT2D eigenvalue weighted by Crippen LogP contribution is -2.33. The summed E-state index contributed by atoms with van der Waals surface area (Å²) in [6, 6.07) is 0. The number of rotatable bonds is 7. The van der Waals surface area contributed by atoms with Crippen molar-refractivity contribution in [1.29, 1.82) is 0 Å². The Morgan fingerprint density at radius 2 is 2.10 bits per heavy atom. The second-order valence-electron chi connectivity index (χ2n) is 4.94. The molecule has 0 saturated heterocycles. The van der Waals surface area contributed by atoms with Gasteiger partial charge >= 0.3 is 5.69 Å². The SMILES string of the molecule is CCCC(C)(O)CNc1nc(NC)nc(C)c1[N+](=O)[O-]. The van der Waals surface area contributed by atoms with Crippen LogP contribution in [0.3, 0.4) is 0 Å². The zero-order valence-corrected chi connectivity index (χ0v) is 12.2. The molecule has 1 aromatic rings. The van der Waals surface area contributed by atoms with Gasteiger partial charge in [-0.3, -0.25) is 10.1 Å². The molecule has 0 bridgehead atoms. The lowest BCUT2D eigenvalue weighted by Gasteiger charge is -2.23. The molecule has 0 radical (unpaired) electrons. The van der Waals surface area contributed by atoms with Crippen LogP contribution >= 0.6 is 0 Å². The zero-order chi connectivity index (χ0) is 15.3. The number of hydrogen-bond donors (Lipinski definition) is 3. The lowest BCUT2D eigenvalue weighted by atomic mass is 10.0. The van der Waals surface area contributed by atoms with Crippen molar-refractivity contribution in [1.82, 2.24) is 9.97 Å². The Balaban J connectivity index is 3.03. The molecule has 0 aliphatic rings. The summed E-state index contributed by atoms with van der Waals surface area (Å²) >= 11 is 0. The first-order valence-electron chi connectivity index (χ1n) is 6.47. The van der Waals surface area contributed by atoms with E-state index in [0.717, 1.165) is 6.42 Å². The van der Waals surface area contributed by atoms with E-state index < -0.39 is 10.5 Å². The van der Waals surface area contributed by atoms with Gasteiger partial charge in [-0.25, -0.2) is 4.98 Å². The van der Waals surface area contributed by atoms with Crippen LogP contribution in [0.4, 0.5) is 17.5 Å². The Morgan fingerprint density at radius 3 is 2.60 bits per heavy atom. The molecule has 8 heteroatoms. The molecule has 1 heterocycles. The van der Waals surface area contributed by atoms with Gasteiger partial charge in [0, 0.05) is 13.6 Å². The van der Waals surface area contributed by atoms with Gasteiger partial charge in [0.05, 0.1) is 10.5 Å².